The maximum absolute atomic E-state index is 16.4. The first-order chi connectivity index (χ1) is 28.3. The zero-order valence-electron chi connectivity index (χ0n) is 30.6. The van der Waals surface area contributed by atoms with Crippen molar-refractivity contribution in [3.63, 3.8) is 0 Å². The summed E-state index contributed by atoms with van der Waals surface area (Å²) in [6, 6.07) is 55.2. The summed E-state index contributed by atoms with van der Waals surface area (Å²) in [5.74, 6) is -0.934. The quantitative estimate of drug-likeness (QED) is 0.131. The van der Waals surface area contributed by atoms with Gasteiger partial charge in [0.15, 0.2) is 0 Å². The molecule has 0 N–H and O–H groups in total. The van der Waals surface area contributed by atoms with E-state index >= 15 is 17.6 Å². The number of anilines is 6. The van der Waals surface area contributed by atoms with E-state index in [4.69, 9.17) is 0 Å². The van der Waals surface area contributed by atoms with Gasteiger partial charge in [-0.1, -0.05) is 145 Å². The molecule has 0 aliphatic carbocycles. The Morgan fingerprint density at radius 3 is 1.62 bits per heavy atom. The summed E-state index contributed by atoms with van der Waals surface area (Å²) in [7, 11) is 0. The molecule has 0 aromatic heterocycles. The summed E-state index contributed by atoms with van der Waals surface area (Å²) in [6.45, 7) is -0.491. The van der Waals surface area contributed by atoms with Crippen molar-refractivity contribution in [1.29, 1.82) is 0 Å². The summed E-state index contributed by atoms with van der Waals surface area (Å²) in [4.78, 5) is 5.93. The molecule has 58 heavy (non-hydrogen) atoms. The maximum atomic E-state index is 16.4. The molecule has 0 atom stereocenters. The fourth-order valence-electron chi connectivity index (χ4n) is 9.86. The van der Waals surface area contributed by atoms with Crippen LogP contribution in [0, 0.1) is 5.82 Å². The number of benzene rings is 8. The van der Waals surface area contributed by atoms with Gasteiger partial charge in [-0.25, -0.2) is 4.39 Å². The molecule has 2 nitrogen and oxygen atoms in total. The van der Waals surface area contributed by atoms with Gasteiger partial charge in [-0.15, -0.1) is 0 Å². The van der Waals surface area contributed by atoms with Gasteiger partial charge in [0, 0.05) is 38.2 Å². The minimum Gasteiger partial charge on any atom is -0.312 e. The molecule has 12 rings (SSSR count). The maximum Gasteiger partial charge on any atom is 0.418 e. The van der Waals surface area contributed by atoms with Crippen LogP contribution in [0.25, 0.3) is 22.3 Å². The smallest absolute Gasteiger partial charge is 0.312 e. The average molecular weight is 774 g/mol. The molecule has 8 aromatic carbocycles. The van der Waals surface area contributed by atoms with E-state index < -0.39 is 23.2 Å². The van der Waals surface area contributed by atoms with Crippen molar-refractivity contribution in [3.8, 4) is 22.3 Å². The van der Waals surface area contributed by atoms with Crippen molar-refractivity contribution in [2.24, 2.45) is 0 Å². The Hall–Kier alpha value is -6.44. The van der Waals surface area contributed by atoms with Crippen LogP contribution >= 0.6 is 11.8 Å². The molecule has 0 bridgehead atoms. The van der Waals surface area contributed by atoms with Crippen molar-refractivity contribution in [2.75, 3.05) is 9.80 Å². The third-order valence-corrected chi connectivity index (χ3v) is 13.3. The Balaban J connectivity index is 1.24. The first-order valence-electron chi connectivity index (χ1n) is 19.3. The molecule has 4 heterocycles. The summed E-state index contributed by atoms with van der Waals surface area (Å²) in [5, 5.41) is 0. The van der Waals surface area contributed by atoms with Gasteiger partial charge >= 0.3 is 6.18 Å². The van der Waals surface area contributed by atoms with E-state index in [0.717, 1.165) is 94.6 Å². The zero-order valence-corrected chi connectivity index (χ0v) is 31.5. The van der Waals surface area contributed by atoms with E-state index in [1.54, 1.807) is 16.7 Å². The molecule has 0 saturated heterocycles. The third-order valence-electron chi connectivity index (χ3n) is 12.2. The van der Waals surface area contributed by atoms with Gasteiger partial charge in [0.1, 0.15) is 5.82 Å². The van der Waals surface area contributed by atoms with Crippen molar-refractivity contribution in [1.82, 2.24) is 0 Å². The van der Waals surface area contributed by atoms with Crippen LogP contribution < -0.4 is 42.6 Å². The number of nitrogens with zero attached hydrogens (tertiary/aromatic N) is 2. The number of alkyl halides is 3. The van der Waals surface area contributed by atoms with E-state index in [9.17, 15) is 0 Å². The second kappa shape index (κ2) is 12.3. The Morgan fingerprint density at radius 1 is 0.414 bits per heavy atom. The molecule has 0 unspecified atom stereocenters. The monoisotopic (exact) mass is 774 g/mol. The zero-order chi connectivity index (χ0) is 38.9. The number of para-hydroxylation sites is 2. The molecular weight excluding hydrogens is 746 g/mol. The minimum atomic E-state index is -4.80. The van der Waals surface area contributed by atoms with Gasteiger partial charge < -0.3 is 9.80 Å². The highest BCUT2D eigenvalue weighted by atomic mass is 32.2. The van der Waals surface area contributed by atoms with Crippen molar-refractivity contribution >= 4 is 92.1 Å². The number of hydrogen-bond donors (Lipinski definition) is 0. The van der Waals surface area contributed by atoms with Gasteiger partial charge in [-0.2, -0.15) is 13.2 Å². The summed E-state index contributed by atoms with van der Waals surface area (Å²) in [6.07, 6.45) is -4.80. The normalized spacial score (nSPS) is 14.0. The van der Waals surface area contributed by atoms with E-state index in [1.807, 2.05) is 72.8 Å². The molecule has 8 aromatic rings. The molecule has 0 saturated carbocycles. The van der Waals surface area contributed by atoms with Crippen LogP contribution in [-0.4, -0.2) is 13.4 Å². The van der Waals surface area contributed by atoms with Crippen LogP contribution in [0.15, 0.2) is 180 Å². The predicted molar refractivity (Wildman–Crippen MR) is 232 cm³/mol. The van der Waals surface area contributed by atoms with E-state index in [2.05, 4.69) is 83.8 Å². The second-order valence-corrected chi connectivity index (χ2v) is 16.3. The molecule has 0 fully saturated rings. The fourth-order valence-corrected chi connectivity index (χ4v) is 11.0. The first kappa shape index (κ1) is 33.7. The summed E-state index contributed by atoms with van der Waals surface area (Å²) >= 11 is 1.63. The van der Waals surface area contributed by atoms with E-state index in [1.165, 1.54) is 5.46 Å². The largest absolute Gasteiger partial charge is 0.418 e. The van der Waals surface area contributed by atoms with Gasteiger partial charge in [0.2, 0.25) is 6.71 Å². The molecule has 0 radical (unpaired) electrons. The minimum absolute atomic E-state index is 0.145. The lowest BCUT2D eigenvalue weighted by atomic mass is 9.29. The van der Waals surface area contributed by atoms with Crippen LogP contribution in [-0.2, 0) is 6.18 Å². The number of rotatable bonds is 3. The van der Waals surface area contributed by atoms with Crippen LogP contribution in [0.4, 0.5) is 51.7 Å². The van der Waals surface area contributed by atoms with Crippen LogP contribution in [0.5, 0.6) is 0 Å². The molecule has 4 aliphatic rings. The van der Waals surface area contributed by atoms with Gasteiger partial charge in [0.25, 0.3) is 6.71 Å². The Kier molecular flexibility index (Phi) is 7.13. The highest BCUT2D eigenvalue weighted by Crippen LogP contribution is 2.51. The van der Waals surface area contributed by atoms with Crippen LogP contribution in [0.3, 0.4) is 0 Å². The third kappa shape index (κ3) is 4.71. The molecular formula is C49H28B2F4N2S. The fraction of sp³-hybridized carbons (Fsp3) is 0.0204. The highest BCUT2D eigenvalue weighted by molar-refractivity contribution is 8.00. The topological polar surface area (TPSA) is 6.48 Å². The molecule has 274 valence electrons. The van der Waals surface area contributed by atoms with Gasteiger partial charge in [-0.3, -0.25) is 0 Å². The number of halogens is 4. The Morgan fingerprint density at radius 2 is 0.966 bits per heavy atom. The number of fused-ring (bicyclic) bond motifs is 10. The molecule has 9 heteroatoms. The summed E-state index contributed by atoms with van der Waals surface area (Å²) in [5.41, 5.74) is 13.0. The van der Waals surface area contributed by atoms with Gasteiger partial charge in [-0.05, 0) is 92.0 Å². The van der Waals surface area contributed by atoms with E-state index in [-0.39, 0.29) is 13.4 Å². The molecule has 0 spiro atoms. The van der Waals surface area contributed by atoms with Crippen LogP contribution in [0.2, 0.25) is 0 Å². The van der Waals surface area contributed by atoms with Gasteiger partial charge in [0.05, 0.1) is 11.3 Å². The highest BCUT2D eigenvalue weighted by Gasteiger charge is 2.51. The summed E-state index contributed by atoms with van der Waals surface area (Å²) < 4.78 is 61.5. The lowest BCUT2D eigenvalue weighted by Crippen LogP contribution is -2.68. The molecule has 4 aliphatic heterocycles. The first-order valence-corrected chi connectivity index (χ1v) is 20.1. The SMILES string of the molecule is Fc1cccc(C(F)(F)F)c1N1c2ccccc2B2c3ccc(-c4ccccc4)cc3N3c4cc(-c5ccccc5)ccc4B4c5ccccc5Sc5cc1c2c3c54. The van der Waals surface area contributed by atoms with E-state index in [0.29, 0.717) is 11.4 Å². The standard InChI is InChI=1S/C49H28B2F4N2S/c52-38-19-11-16-33(49(53,54)55)47(38)56-39-20-9-7-17-34(39)50-35-24-22-31(29-12-3-1-4-13-29)26-40(35)57-41-27-32(30-14-5-2-6-15-30)23-25-36(41)51-37-18-8-10-21-43(37)58-44-28-42(56)45(50)48(57)46(44)51/h1-28H. The average Bonchev–Trinajstić information content (AvgIpc) is 3.26. The van der Waals surface area contributed by atoms with Crippen molar-refractivity contribution in [3.05, 3.63) is 181 Å². The Labute approximate surface area is 337 Å². The second-order valence-electron chi connectivity index (χ2n) is 15.2. The number of hydrogen-bond acceptors (Lipinski definition) is 3. The predicted octanol–water partition coefficient (Wildman–Crippen LogP) is 9.56. The molecule has 0 amide bonds. The van der Waals surface area contributed by atoms with Crippen molar-refractivity contribution in [2.45, 2.75) is 16.0 Å². The lowest BCUT2D eigenvalue weighted by molar-refractivity contribution is -0.137. The van der Waals surface area contributed by atoms with Crippen LogP contribution in [0.1, 0.15) is 5.56 Å². The Bertz CT molecular complexity index is 2980. The van der Waals surface area contributed by atoms with Crippen molar-refractivity contribution < 1.29 is 17.6 Å². The lowest BCUT2D eigenvalue weighted by Gasteiger charge is -2.49.